The lowest BCUT2D eigenvalue weighted by atomic mass is 10.1. The molecule has 0 bridgehead atoms. The maximum absolute atomic E-state index is 14.5. The fraction of sp³-hybridized carbons (Fsp3) is 0.143. The standard InChI is InChI=1S/C21H15F2N3O4S/c22-12-10-26(11-12)13-7-16(23)15-9-19(30-18(15)8-13)21(27)25-31(28,29)20-5-6-24-17-4-2-1-3-14(17)20/h1-9,12H,10-11H2,(H,25,27). The molecule has 3 heterocycles. The monoisotopic (exact) mass is 443 g/mol. The van der Waals surface area contributed by atoms with Gasteiger partial charge in [-0.25, -0.2) is 21.9 Å². The lowest BCUT2D eigenvalue weighted by Crippen LogP contribution is -2.48. The lowest BCUT2D eigenvalue weighted by Gasteiger charge is -2.36. The van der Waals surface area contributed by atoms with Crippen LogP contribution in [-0.4, -0.2) is 38.6 Å². The molecule has 158 valence electrons. The number of benzene rings is 2. The molecule has 7 nitrogen and oxygen atoms in total. The Balaban J connectivity index is 1.46. The molecule has 4 aromatic rings. The first-order valence-electron chi connectivity index (χ1n) is 9.35. The SMILES string of the molecule is O=C(NS(=O)(=O)c1ccnc2ccccc12)c1cc2c(F)cc(N3CC(F)C3)cc2o1. The molecule has 1 amide bonds. The number of fused-ring (bicyclic) bond motifs is 2. The van der Waals surface area contributed by atoms with Crippen LogP contribution >= 0.6 is 0 Å². The molecule has 0 saturated carbocycles. The Kier molecular flexibility index (Phi) is 4.40. The second-order valence-corrected chi connectivity index (χ2v) is 8.86. The third-order valence-electron chi connectivity index (χ3n) is 5.12. The summed E-state index contributed by atoms with van der Waals surface area (Å²) >= 11 is 0. The summed E-state index contributed by atoms with van der Waals surface area (Å²) in [6.07, 6.45) is 0.364. The van der Waals surface area contributed by atoms with Crippen LogP contribution in [0, 0.1) is 5.82 Å². The molecular weight excluding hydrogens is 428 g/mol. The zero-order chi connectivity index (χ0) is 21.8. The minimum Gasteiger partial charge on any atom is -0.451 e. The Hall–Kier alpha value is -3.53. The van der Waals surface area contributed by atoms with Gasteiger partial charge in [-0.05, 0) is 18.2 Å². The van der Waals surface area contributed by atoms with Crippen LogP contribution in [0.1, 0.15) is 10.6 Å². The first-order chi connectivity index (χ1) is 14.8. The molecule has 1 aliphatic rings. The number of hydrogen-bond donors (Lipinski definition) is 1. The van der Waals surface area contributed by atoms with Gasteiger partial charge in [-0.1, -0.05) is 18.2 Å². The number of pyridine rings is 1. The van der Waals surface area contributed by atoms with Crippen molar-refractivity contribution < 1.29 is 26.4 Å². The number of furan rings is 1. The number of carbonyl (C=O) groups is 1. The maximum Gasteiger partial charge on any atom is 0.300 e. The Morgan fingerprint density at radius 3 is 2.68 bits per heavy atom. The van der Waals surface area contributed by atoms with E-state index in [1.54, 1.807) is 29.2 Å². The number of para-hydroxylation sites is 1. The van der Waals surface area contributed by atoms with Crippen LogP contribution in [0.4, 0.5) is 14.5 Å². The molecule has 1 aliphatic heterocycles. The van der Waals surface area contributed by atoms with E-state index >= 15 is 0 Å². The predicted molar refractivity (Wildman–Crippen MR) is 110 cm³/mol. The number of aromatic nitrogens is 1. The maximum atomic E-state index is 14.5. The van der Waals surface area contributed by atoms with E-state index in [4.69, 9.17) is 4.42 Å². The number of nitrogens with one attached hydrogen (secondary N) is 1. The van der Waals surface area contributed by atoms with Gasteiger partial charge in [0.05, 0.1) is 28.9 Å². The van der Waals surface area contributed by atoms with Crippen LogP contribution in [0.15, 0.2) is 64.0 Å². The molecule has 1 fully saturated rings. The summed E-state index contributed by atoms with van der Waals surface area (Å²) in [5, 5.41) is 0.379. The zero-order valence-electron chi connectivity index (χ0n) is 15.9. The number of anilines is 1. The third kappa shape index (κ3) is 3.38. The second-order valence-electron chi connectivity index (χ2n) is 7.21. The Bertz CT molecular complexity index is 1440. The minimum absolute atomic E-state index is 0.0259. The van der Waals surface area contributed by atoms with E-state index in [2.05, 4.69) is 4.98 Å². The van der Waals surface area contributed by atoms with Crippen molar-refractivity contribution in [2.45, 2.75) is 11.1 Å². The summed E-state index contributed by atoms with van der Waals surface area (Å²) < 4.78 is 60.6. The van der Waals surface area contributed by atoms with Gasteiger partial charge in [0.25, 0.3) is 10.0 Å². The van der Waals surface area contributed by atoms with Crippen molar-refractivity contribution in [2.75, 3.05) is 18.0 Å². The first-order valence-corrected chi connectivity index (χ1v) is 10.8. The molecular formula is C21H15F2N3O4S. The van der Waals surface area contributed by atoms with Gasteiger partial charge in [0.1, 0.15) is 17.6 Å². The van der Waals surface area contributed by atoms with Crippen molar-refractivity contribution in [3.8, 4) is 0 Å². The molecule has 5 rings (SSSR count). The lowest BCUT2D eigenvalue weighted by molar-refractivity contribution is 0.0956. The molecule has 0 radical (unpaired) electrons. The number of halogens is 2. The largest absolute Gasteiger partial charge is 0.451 e. The molecule has 0 aliphatic carbocycles. The van der Waals surface area contributed by atoms with Crippen molar-refractivity contribution in [3.05, 3.63) is 66.3 Å². The van der Waals surface area contributed by atoms with Crippen LogP contribution < -0.4 is 9.62 Å². The summed E-state index contributed by atoms with van der Waals surface area (Å²) in [6, 6.07) is 11.8. The van der Waals surface area contributed by atoms with E-state index in [0.717, 1.165) is 6.07 Å². The highest BCUT2D eigenvalue weighted by Crippen LogP contribution is 2.31. The number of alkyl halides is 1. The number of amides is 1. The van der Waals surface area contributed by atoms with E-state index in [9.17, 15) is 22.0 Å². The van der Waals surface area contributed by atoms with Gasteiger partial charge in [-0.3, -0.25) is 9.78 Å². The van der Waals surface area contributed by atoms with Crippen LogP contribution in [0.5, 0.6) is 0 Å². The molecule has 1 N–H and O–H groups in total. The van der Waals surface area contributed by atoms with Crippen molar-refractivity contribution >= 4 is 43.5 Å². The van der Waals surface area contributed by atoms with Gasteiger partial charge < -0.3 is 9.32 Å². The van der Waals surface area contributed by atoms with Gasteiger partial charge in [0.2, 0.25) is 0 Å². The van der Waals surface area contributed by atoms with E-state index in [-0.39, 0.29) is 34.7 Å². The summed E-state index contributed by atoms with van der Waals surface area (Å²) in [5.74, 6) is -2.05. The molecule has 0 atom stereocenters. The average Bonchev–Trinajstić information content (AvgIpc) is 3.16. The van der Waals surface area contributed by atoms with Gasteiger partial charge >= 0.3 is 5.91 Å². The predicted octanol–water partition coefficient (Wildman–Crippen LogP) is 3.40. The minimum atomic E-state index is -4.25. The van der Waals surface area contributed by atoms with Crippen molar-refractivity contribution in [2.24, 2.45) is 0 Å². The quantitative estimate of drug-likeness (QED) is 0.520. The number of nitrogens with zero attached hydrogens (tertiary/aromatic N) is 2. The van der Waals surface area contributed by atoms with E-state index < -0.39 is 27.9 Å². The third-order valence-corrected chi connectivity index (χ3v) is 6.51. The van der Waals surface area contributed by atoms with Crippen molar-refractivity contribution in [3.63, 3.8) is 0 Å². The summed E-state index contributed by atoms with van der Waals surface area (Å²) in [4.78, 5) is 18.2. The highest BCUT2D eigenvalue weighted by atomic mass is 32.2. The molecule has 1 saturated heterocycles. The molecule has 31 heavy (non-hydrogen) atoms. The smallest absolute Gasteiger partial charge is 0.300 e. The Morgan fingerprint density at radius 2 is 1.90 bits per heavy atom. The van der Waals surface area contributed by atoms with E-state index in [0.29, 0.717) is 16.6 Å². The zero-order valence-corrected chi connectivity index (χ0v) is 16.7. The fourth-order valence-electron chi connectivity index (χ4n) is 3.54. The fourth-order valence-corrected chi connectivity index (χ4v) is 4.70. The molecule has 0 spiro atoms. The Labute approximate surface area is 175 Å². The molecule has 0 unspecified atom stereocenters. The van der Waals surface area contributed by atoms with Gasteiger partial charge in [-0.2, -0.15) is 0 Å². The molecule has 10 heteroatoms. The topological polar surface area (TPSA) is 92.5 Å². The number of hydrogen-bond acceptors (Lipinski definition) is 6. The average molecular weight is 443 g/mol. The Morgan fingerprint density at radius 1 is 1.13 bits per heavy atom. The van der Waals surface area contributed by atoms with Crippen molar-refractivity contribution in [1.82, 2.24) is 9.71 Å². The highest BCUT2D eigenvalue weighted by molar-refractivity contribution is 7.90. The second kappa shape index (κ2) is 7.02. The number of rotatable bonds is 4. The summed E-state index contributed by atoms with van der Waals surface area (Å²) in [5.41, 5.74) is 0.947. The van der Waals surface area contributed by atoms with Crippen molar-refractivity contribution in [1.29, 1.82) is 0 Å². The molecule has 2 aromatic heterocycles. The molecule has 2 aromatic carbocycles. The summed E-state index contributed by atoms with van der Waals surface area (Å²) in [6.45, 7) is 0.300. The normalized spacial score (nSPS) is 14.7. The van der Waals surface area contributed by atoms with E-state index in [1.165, 1.54) is 24.4 Å². The van der Waals surface area contributed by atoms with Gasteiger partial charge in [-0.15, -0.1) is 0 Å². The summed E-state index contributed by atoms with van der Waals surface area (Å²) in [7, 11) is -4.25. The van der Waals surface area contributed by atoms with E-state index in [1.807, 2.05) is 4.72 Å². The van der Waals surface area contributed by atoms with Crippen LogP contribution in [0.3, 0.4) is 0 Å². The van der Waals surface area contributed by atoms with Gasteiger partial charge in [0, 0.05) is 29.4 Å². The van der Waals surface area contributed by atoms with Crippen LogP contribution in [0.25, 0.3) is 21.9 Å². The highest BCUT2D eigenvalue weighted by Gasteiger charge is 2.28. The number of sulfonamides is 1. The van der Waals surface area contributed by atoms with Crippen LogP contribution in [0.2, 0.25) is 0 Å². The van der Waals surface area contributed by atoms with Gasteiger partial charge in [0.15, 0.2) is 5.76 Å². The number of carbonyl (C=O) groups excluding carboxylic acids is 1. The van der Waals surface area contributed by atoms with Crippen LogP contribution in [-0.2, 0) is 10.0 Å². The first kappa shape index (κ1) is 19.4.